The number of halogens is 3. The quantitative estimate of drug-likeness (QED) is 0.353. The fourth-order valence-corrected chi connectivity index (χ4v) is 4.92. The van der Waals surface area contributed by atoms with Crippen LogP contribution in [0.1, 0.15) is 41.4 Å². The number of benzene rings is 1. The minimum atomic E-state index is -4.80. The summed E-state index contributed by atoms with van der Waals surface area (Å²) in [6.45, 7) is 8.34. The number of amides is 1. The average Bonchev–Trinajstić information content (AvgIpc) is 3.19. The van der Waals surface area contributed by atoms with Crippen LogP contribution in [0.2, 0.25) is 0 Å². The highest BCUT2D eigenvalue weighted by molar-refractivity contribution is 7.98. The molecule has 3 aromatic rings. The van der Waals surface area contributed by atoms with Gasteiger partial charge in [-0.1, -0.05) is 17.0 Å². The minimum Gasteiger partial charge on any atom is -0.406 e. The van der Waals surface area contributed by atoms with Crippen molar-refractivity contribution in [2.24, 2.45) is 0 Å². The van der Waals surface area contributed by atoms with Crippen molar-refractivity contribution in [2.75, 3.05) is 13.1 Å². The van der Waals surface area contributed by atoms with Crippen molar-refractivity contribution in [1.82, 2.24) is 29.9 Å². The summed E-state index contributed by atoms with van der Waals surface area (Å²) >= 11 is 1.31. The molecule has 3 heterocycles. The van der Waals surface area contributed by atoms with Gasteiger partial charge in [-0.3, -0.25) is 4.79 Å². The first-order valence-electron chi connectivity index (χ1n) is 11.2. The van der Waals surface area contributed by atoms with E-state index in [-0.39, 0.29) is 35.3 Å². The van der Waals surface area contributed by atoms with Crippen molar-refractivity contribution in [3.05, 3.63) is 53.1 Å². The maximum Gasteiger partial charge on any atom is 0.573 e. The van der Waals surface area contributed by atoms with Gasteiger partial charge in [0.15, 0.2) is 10.9 Å². The monoisotopic (exact) mass is 522 g/mol. The summed E-state index contributed by atoms with van der Waals surface area (Å²) in [5.41, 5.74) is 2.68. The molecule has 36 heavy (non-hydrogen) atoms. The van der Waals surface area contributed by atoms with Crippen LogP contribution in [-0.4, -0.2) is 67.4 Å². The number of rotatable bonds is 6. The molecule has 0 aliphatic carbocycles. The molecule has 4 rings (SSSR count). The van der Waals surface area contributed by atoms with E-state index >= 15 is 0 Å². The molecule has 192 valence electrons. The SMILES string of the molecule is Cc1cc(C)nc(SCc2c(C(=O)N3CC(C)OC(C)C3)nnn2-c2ccc(OC(F)(F)F)cc2)n1. The van der Waals surface area contributed by atoms with Gasteiger partial charge in [-0.15, -0.1) is 18.3 Å². The second kappa shape index (κ2) is 10.4. The lowest BCUT2D eigenvalue weighted by Crippen LogP contribution is -2.48. The molecule has 1 aromatic carbocycles. The fourth-order valence-electron chi connectivity index (χ4n) is 3.98. The molecule has 0 bridgehead atoms. The first kappa shape index (κ1) is 25.9. The van der Waals surface area contributed by atoms with Crippen LogP contribution in [0, 0.1) is 13.8 Å². The summed E-state index contributed by atoms with van der Waals surface area (Å²) in [5.74, 6) is -0.400. The summed E-state index contributed by atoms with van der Waals surface area (Å²) in [6.07, 6.45) is -5.06. The Morgan fingerprint density at radius 3 is 2.31 bits per heavy atom. The number of nitrogens with zero attached hydrogens (tertiary/aromatic N) is 6. The number of carbonyl (C=O) groups is 1. The number of morpholine rings is 1. The van der Waals surface area contributed by atoms with Gasteiger partial charge in [0.2, 0.25) is 0 Å². The average molecular weight is 523 g/mol. The summed E-state index contributed by atoms with van der Waals surface area (Å²) in [5, 5.41) is 8.85. The summed E-state index contributed by atoms with van der Waals surface area (Å²) < 4.78 is 48.8. The Kier molecular flexibility index (Phi) is 7.50. The molecule has 1 aliphatic rings. The Hall–Kier alpha value is -3.19. The molecule has 1 amide bonds. The standard InChI is InChI=1S/C23H25F3N6O3S/c1-13-9-14(2)28-22(27-13)36-12-19-20(21(33)31-10-15(3)34-16(4)11-31)29-30-32(19)17-5-7-18(8-6-17)35-23(24,25)26/h5-9,15-16H,10-12H2,1-4H3. The summed E-state index contributed by atoms with van der Waals surface area (Å²) in [4.78, 5) is 24.0. The molecule has 0 saturated carbocycles. The molecular weight excluding hydrogens is 497 g/mol. The third-order valence-electron chi connectivity index (χ3n) is 5.29. The van der Waals surface area contributed by atoms with Crippen LogP contribution in [0.3, 0.4) is 0 Å². The number of ether oxygens (including phenoxy) is 2. The number of carbonyl (C=O) groups excluding carboxylic acids is 1. The van der Waals surface area contributed by atoms with E-state index in [0.717, 1.165) is 11.4 Å². The van der Waals surface area contributed by atoms with E-state index < -0.39 is 6.36 Å². The summed E-state index contributed by atoms with van der Waals surface area (Å²) in [7, 11) is 0. The molecule has 13 heteroatoms. The van der Waals surface area contributed by atoms with Crippen molar-refractivity contribution < 1.29 is 27.4 Å². The lowest BCUT2D eigenvalue weighted by atomic mass is 10.2. The van der Waals surface area contributed by atoms with Gasteiger partial charge in [-0.2, -0.15) is 0 Å². The highest BCUT2D eigenvalue weighted by Crippen LogP contribution is 2.27. The van der Waals surface area contributed by atoms with E-state index in [1.54, 1.807) is 4.90 Å². The van der Waals surface area contributed by atoms with Crippen molar-refractivity contribution in [2.45, 2.75) is 57.2 Å². The lowest BCUT2D eigenvalue weighted by molar-refractivity contribution is -0.274. The Morgan fingerprint density at radius 1 is 1.11 bits per heavy atom. The Balaban J connectivity index is 1.66. The number of hydrogen-bond acceptors (Lipinski definition) is 8. The zero-order chi connectivity index (χ0) is 26.0. The zero-order valence-corrected chi connectivity index (χ0v) is 20.9. The third kappa shape index (κ3) is 6.32. The maximum atomic E-state index is 13.5. The van der Waals surface area contributed by atoms with Crippen molar-refractivity contribution in [3.8, 4) is 11.4 Å². The van der Waals surface area contributed by atoms with Crippen molar-refractivity contribution in [3.63, 3.8) is 0 Å². The molecule has 0 radical (unpaired) electrons. The number of aromatic nitrogens is 5. The first-order valence-corrected chi connectivity index (χ1v) is 12.2. The van der Waals surface area contributed by atoms with Gasteiger partial charge >= 0.3 is 6.36 Å². The van der Waals surface area contributed by atoms with Gasteiger partial charge in [0.1, 0.15) is 5.75 Å². The van der Waals surface area contributed by atoms with Crippen LogP contribution in [0.15, 0.2) is 35.5 Å². The fraction of sp³-hybridized carbons (Fsp3) is 0.435. The molecule has 2 aromatic heterocycles. The molecule has 2 atom stereocenters. The highest BCUT2D eigenvalue weighted by atomic mass is 32.2. The second-order valence-electron chi connectivity index (χ2n) is 8.53. The van der Waals surface area contributed by atoms with E-state index in [9.17, 15) is 18.0 Å². The van der Waals surface area contributed by atoms with E-state index in [0.29, 0.717) is 29.6 Å². The van der Waals surface area contributed by atoms with E-state index in [2.05, 4.69) is 25.0 Å². The van der Waals surface area contributed by atoms with Crippen LogP contribution in [0.4, 0.5) is 13.2 Å². The van der Waals surface area contributed by atoms with Gasteiger partial charge in [0.05, 0.1) is 23.6 Å². The number of hydrogen-bond donors (Lipinski definition) is 0. The lowest BCUT2D eigenvalue weighted by Gasteiger charge is -2.35. The number of thioether (sulfide) groups is 1. The van der Waals surface area contributed by atoms with Crippen molar-refractivity contribution >= 4 is 17.7 Å². The van der Waals surface area contributed by atoms with Gasteiger partial charge in [-0.25, -0.2) is 14.6 Å². The predicted molar refractivity (Wildman–Crippen MR) is 125 cm³/mol. The topological polar surface area (TPSA) is 95.3 Å². The largest absolute Gasteiger partial charge is 0.573 e. The van der Waals surface area contributed by atoms with E-state index in [1.165, 1.54) is 40.7 Å². The number of alkyl halides is 3. The van der Waals surface area contributed by atoms with Gasteiger partial charge in [0, 0.05) is 30.2 Å². The van der Waals surface area contributed by atoms with Crippen LogP contribution >= 0.6 is 11.8 Å². The van der Waals surface area contributed by atoms with Crippen LogP contribution in [-0.2, 0) is 10.5 Å². The molecule has 0 N–H and O–H groups in total. The second-order valence-corrected chi connectivity index (χ2v) is 9.47. The Labute approximate surface area is 210 Å². The van der Waals surface area contributed by atoms with Crippen LogP contribution < -0.4 is 4.74 Å². The highest BCUT2D eigenvalue weighted by Gasteiger charge is 2.32. The van der Waals surface area contributed by atoms with Crippen molar-refractivity contribution in [1.29, 1.82) is 0 Å². The third-order valence-corrected chi connectivity index (χ3v) is 6.15. The van der Waals surface area contributed by atoms with Gasteiger partial charge in [0.25, 0.3) is 5.91 Å². The van der Waals surface area contributed by atoms with Crippen LogP contribution in [0.25, 0.3) is 5.69 Å². The molecule has 2 unspecified atom stereocenters. The minimum absolute atomic E-state index is 0.129. The summed E-state index contributed by atoms with van der Waals surface area (Å²) in [6, 6.07) is 7.06. The Bertz CT molecular complexity index is 1200. The van der Waals surface area contributed by atoms with Gasteiger partial charge < -0.3 is 14.4 Å². The van der Waals surface area contributed by atoms with Crippen LogP contribution in [0.5, 0.6) is 5.75 Å². The zero-order valence-electron chi connectivity index (χ0n) is 20.1. The van der Waals surface area contributed by atoms with E-state index in [1.807, 2.05) is 33.8 Å². The van der Waals surface area contributed by atoms with Gasteiger partial charge in [-0.05, 0) is 58.0 Å². The first-order chi connectivity index (χ1) is 17.0. The molecule has 9 nitrogen and oxygen atoms in total. The predicted octanol–water partition coefficient (Wildman–Crippen LogP) is 4.11. The van der Waals surface area contributed by atoms with E-state index in [4.69, 9.17) is 4.74 Å². The normalized spacial score (nSPS) is 18.4. The Morgan fingerprint density at radius 2 is 1.72 bits per heavy atom. The molecule has 1 saturated heterocycles. The maximum absolute atomic E-state index is 13.5. The molecular formula is C23H25F3N6O3S. The molecule has 1 fully saturated rings. The number of aryl methyl sites for hydroxylation is 2. The molecule has 1 aliphatic heterocycles. The smallest absolute Gasteiger partial charge is 0.406 e. The molecule has 0 spiro atoms.